The predicted molar refractivity (Wildman–Crippen MR) is 60.8 cm³/mol. The van der Waals surface area contributed by atoms with Crippen molar-refractivity contribution in [2.45, 2.75) is 19.2 Å². The Morgan fingerprint density at radius 1 is 1.50 bits per heavy atom. The molecule has 0 unspecified atom stereocenters. The van der Waals surface area contributed by atoms with Crippen LogP contribution in [0.25, 0.3) is 0 Å². The van der Waals surface area contributed by atoms with E-state index in [0.29, 0.717) is 6.42 Å². The molecule has 0 fully saturated rings. The molecule has 0 saturated carbocycles. The molecule has 1 amide bonds. The maximum Gasteiger partial charge on any atom is 0.228 e. The van der Waals surface area contributed by atoms with Crippen LogP contribution in [0.3, 0.4) is 0 Å². The quantitative estimate of drug-likeness (QED) is 0.731. The number of hydrogen-bond acceptors (Lipinski definition) is 1. The molecule has 14 heavy (non-hydrogen) atoms. The summed E-state index contributed by atoms with van der Waals surface area (Å²) < 4.78 is 0. The Balaban J connectivity index is 2.39. The molecule has 1 N–H and O–H groups in total. The molecule has 1 aliphatic heterocycles. The van der Waals surface area contributed by atoms with E-state index in [1.54, 1.807) is 0 Å². The molecule has 1 aromatic rings. The van der Waals surface area contributed by atoms with Crippen LogP contribution < -0.4 is 5.32 Å². The fourth-order valence-corrected chi connectivity index (χ4v) is 2.02. The number of rotatable bonds is 2. The van der Waals surface area contributed by atoms with Crippen molar-refractivity contribution in [2.24, 2.45) is 0 Å². The summed E-state index contributed by atoms with van der Waals surface area (Å²) in [5.41, 5.74) is 3.09. The number of carbonyl (C=O) groups is 1. The zero-order chi connectivity index (χ0) is 10.1. The monoisotopic (exact) mass is 207 g/mol. The van der Waals surface area contributed by atoms with Crippen LogP contribution in [0.1, 0.15) is 11.1 Å². The minimum atomic E-state index is 0.0599. The molecule has 4 heteroatoms. The second-order valence-corrected chi connectivity index (χ2v) is 3.98. The highest BCUT2D eigenvalue weighted by Crippen LogP contribution is 2.30. The van der Waals surface area contributed by atoms with Gasteiger partial charge in [0.05, 0.1) is 6.42 Å². The Labute approximate surface area is 89.1 Å². The third-order valence-corrected chi connectivity index (χ3v) is 2.77. The Morgan fingerprint density at radius 2 is 2.29 bits per heavy atom. The molecule has 72 valence electrons. The summed E-state index contributed by atoms with van der Waals surface area (Å²) in [6.07, 6.45) is 2.53. The summed E-state index contributed by atoms with van der Waals surface area (Å²) in [5, 5.41) is 3.54. The fraction of sp³-hybridized carbons (Fsp3) is 0.300. The molecule has 1 aliphatic rings. The van der Waals surface area contributed by atoms with E-state index in [2.05, 4.69) is 13.2 Å². The highest BCUT2D eigenvalue weighted by atomic mass is 35.5. The number of nitrogens with one attached hydrogen (secondary N) is 1. The van der Waals surface area contributed by atoms with Gasteiger partial charge in [-0.2, -0.15) is 0 Å². The minimum absolute atomic E-state index is 0.0599. The lowest BCUT2D eigenvalue weighted by Gasteiger charge is -2.05. The number of benzene rings is 1. The highest BCUT2D eigenvalue weighted by Gasteiger charge is 2.18. The Morgan fingerprint density at radius 3 is 3.00 bits per heavy atom. The summed E-state index contributed by atoms with van der Waals surface area (Å²) >= 11 is 6.08. The van der Waals surface area contributed by atoms with Crippen molar-refractivity contribution in [3.05, 3.63) is 28.3 Å². The van der Waals surface area contributed by atoms with Crippen LogP contribution in [0.4, 0.5) is 5.69 Å². The van der Waals surface area contributed by atoms with E-state index in [9.17, 15) is 4.79 Å². The standard InChI is InChI=1S/C10H11BClNO/c11-2-1-6-3-7-4-10(14)13-9(7)5-8(6)12/h3,5H,1-2,4,11H2,(H,13,14). The van der Waals surface area contributed by atoms with Crippen molar-refractivity contribution in [1.82, 2.24) is 0 Å². The molecule has 2 rings (SSSR count). The second kappa shape index (κ2) is 3.66. The summed E-state index contributed by atoms with van der Waals surface area (Å²) in [5.74, 6) is 0.0599. The summed E-state index contributed by atoms with van der Waals surface area (Å²) in [7, 11) is 2.12. The number of halogens is 1. The van der Waals surface area contributed by atoms with Gasteiger partial charge in [0.2, 0.25) is 5.91 Å². The van der Waals surface area contributed by atoms with Gasteiger partial charge < -0.3 is 5.32 Å². The molecule has 0 spiro atoms. The molecule has 2 nitrogen and oxygen atoms in total. The SMILES string of the molecule is BCCc1cc2c(cc1Cl)NC(=O)C2. The van der Waals surface area contributed by atoms with Crippen LogP contribution in [-0.2, 0) is 17.6 Å². The van der Waals surface area contributed by atoms with Gasteiger partial charge in [-0.05, 0) is 23.6 Å². The van der Waals surface area contributed by atoms with Gasteiger partial charge in [-0.15, -0.1) is 0 Å². The van der Waals surface area contributed by atoms with Crippen LogP contribution in [-0.4, -0.2) is 13.8 Å². The van der Waals surface area contributed by atoms with Gasteiger partial charge in [0, 0.05) is 10.7 Å². The van der Waals surface area contributed by atoms with E-state index < -0.39 is 0 Å². The van der Waals surface area contributed by atoms with E-state index in [1.807, 2.05) is 12.1 Å². The third-order valence-electron chi connectivity index (χ3n) is 2.42. The molecular formula is C10H11BClNO. The largest absolute Gasteiger partial charge is 0.325 e. The van der Waals surface area contributed by atoms with Gasteiger partial charge >= 0.3 is 0 Å². The number of amides is 1. The van der Waals surface area contributed by atoms with Crippen molar-refractivity contribution in [3.8, 4) is 0 Å². The van der Waals surface area contributed by atoms with Crippen LogP contribution >= 0.6 is 11.6 Å². The van der Waals surface area contributed by atoms with Crippen molar-refractivity contribution in [1.29, 1.82) is 0 Å². The van der Waals surface area contributed by atoms with Crippen molar-refractivity contribution in [3.63, 3.8) is 0 Å². The van der Waals surface area contributed by atoms with Crippen molar-refractivity contribution < 1.29 is 4.79 Å². The Kier molecular flexibility index (Phi) is 2.51. The average molecular weight is 207 g/mol. The first-order chi connectivity index (χ1) is 6.70. The summed E-state index contributed by atoms with van der Waals surface area (Å²) in [4.78, 5) is 11.1. The summed E-state index contributed by atoms with van der Waals surface area (Å²) in [6, 6.07) is 3.89. The number of carbonyl (C=O) groups excluding carboxylic acids is 1. The van der Waals surface area contributed by atoms with Gasteiger partial charge in [-0.25, -0.2) is 0 Å². The van der Waals surface area contributed by atoms with Crippen LogP contribution in [0.5, 0.6) is 0 Å². The predicted octanol–water partition coefficient (Wildman–Crippen LogP) is 1.43. The van der Waals surface area contributed by atoms with Crippen LogP contribution in [0.2, 0.25) is 11.3 Å². The van der Waals surface area contributed by atoms with Gasteiger partial charge in [0.15, 0.2) is 0 Å². The molecule has 1 heterocycles. The molecule has 1 aromatic carbocycles. The smallest absolute Gasteiger partial charge is 0.228 e. The van der Waals surface area contributed by atoms with Crippen LogP contribution in [0, 0.1) is 0 Å². The normalized spacial score (nSPS) is 13.9. The molecule has 0 atom stereocenters. The third kappa shape index (κ3) is 1.64. The number of hydrogen-bond donors (Lipinski definition) is 1. The molecular weight excluding hydrogens is 196 g/mol. The maximum atomic E-state index is 11.1. The highest BCUT2D eigenvalue weighted by molar-refractivity contribution is 6.32. The van der Waals surface area contributed by atoms with Gasteiger partial charge in [-0.3, -0.25) is 4.79 Å². The van der Waals surface area contributed by atoms with Gasteiger partial charge in [-0.1, -0.05) is 24.0 Å². The Hall–Kier alpha value is -0.955. The number of aryl methyl sites for hydroxylation is 1. The van der Waals surface area contributed by atoms with E-state index in [1.165, 1.54) is 0 Å². The minimum Gasteiger partial charge on any atom is -0.325 e. The lowest BCUT2D eigenvalue weighted by Crippen LogP contribution is -2.03. The molecule has 0 aliphatic carbocycles. The number of fused-ring (bicyclic) bond motifs is 1. The zero-order valence-electron chi connectivity index (χ0n) is 8.06. The fourth-order valence-electron chi connectivity index (χ4n) is 1.76. The molecule has 0 bridgehead atoms. The lowest BCUT2D eigenvalue weighted by atomic mass is 9.96. The molecule has 0 radical (unpaired) electrons. The van der Waals surface area contributed by atoms with E-state index >= 15 is 0 Å². The van der Waals surface area contributed by atoms with Crippen LogP contribution in [0.15, 0.2) is 12.1 Å². The lowest BCUT2D eigenvalue weighted by molar-refractivity contribution is -0.115. The maximum absolute atomic E-state index is 11.1. The van der Waals surface area contributed by atoms with Gasteiger partial charge in [0.1, 0.15) is 7.85 Å². The van der Waals surface area contributed by atoms with E-state index in [-0.39, 0.29) is 5.91 Å². The number of anilines is 1. The first-order valence-corrected chi connectivity index (χ1v) is 5.19. The van der Waals surface area contributed by atoms with E-state index in [4.69, 9.17) is 11.6 Å². The van der Waals surface area contributed by atoms with Gasteiger partial charge in [0.25, 0.3) is 0 Å². The van der Waals surface area contributed by atoms with Crippen molar-refractivity contribution >= 4 is 31.0 Å². The van der Waals surface area contributed by atoms with Crippen molar-refractivity contribution in [2.75, 3.05) is 5.32 Å². The second-order valence-electron chi connectivity index (χ2n) is 3.58. The first-order valence-electron chi connectivity index (χ1n) is 4.82. The first kappa shape index (κ1) is 9.59. The molecule has 0 aromatic heterocycles. The summed E-state index contributed by atoms with van der Waals surface area (Å²) in [6.45, 7) is 0. The average Bonchev–Trinajstić information content (AvgIpc) is 2.45. The topological polar surface area (TPSA) is 29.1 Å². The Bertz CT molecular complexity index is 392. The molecule has 0 saturated heterocycles. The zero-order valence-corrected chi connectivity index (χ0v) is 8.82. The van der Waals surface area contributed by atoms with E-state index in [0.717, 1.165) is 34.6 Å².